The van der Waals surface area contributed by atoms with Crippen LogP contribution in [-0.4, -0.2) is 14.1 Å². The van der Waals surface area contributed by atoms with Crippen molar-refractivity contribution in [2.75, 3.05) is 0 Å². The molecule has 0 aromatic heterocycles. The first-order valence-corrected chi connectivity index (χ1v) is 13.0. The summed E-state index contributed by atoms with van der Waals surface area (Å²) in [7, 11) is -3.59. The summed E-state index contributed by atoms with van der Waals surface area (Å²) in [6.45, 7) is 8.27. The van der Waals surface area contributed by atoms with Crippen LogP contribution in [0.15, 0.2) is 34.3 Å². The molecule has 0 atom stereocenters. The average Bonchev–Trinajstić information content (AvgIpc) is 2.68. The van der Waals surface area contributed by atoms with Crippen LogP contribution in [0, 0.1) is 5.92 Å². The first kappa shape index (κ1) is 25.7. The van der Waals surface area contributed by atoms with Crippen molar-refractivity contribution in [1.82, 2.24) is 4.83 Å². The number of aryl methyl sites for hydroxylation is 1. The van der Waals surface area contributed by atoms with Gasteiger partial charge in [-0.3, -0.25) is 0 Å². The number of nitrogens with one attached hydrogen (secondary N) is 1. The maximum atomic E-state index is 12.4. The van der Waals surface area contributed by atoms with Gasteiger partial charge in [0.1, 0.15) is 0 Å². The summed E-state index contributed by atoms with van der Waals surface area (Å²) in [6, 6.07) is 7.21. The third kappa shape index (κ3) is 12.0. The quantitative estimate of drug-likeness (QED) is 0.180. The molecule has 0 fully saturated rings. The van der Waals surface area contributed by atoms with Crippen molar-refractivity contribution >= 4 is 15.7 Å². The molecule has 29 heavy (non-hydrogen) atoms. The first-order chi connectivity index (χ1) is 13.8. The van der Waals surface area contributed by atoms with Gasteiger partial charge in [-0.25, -0.2) is 4.83 Å². The summed E-state index contributed by atoms with van der Waals surface area (Å²) in [5.41, 5.74) is 1.99. The molecule has 1 aromatic rings. The zero-order valence-corrected chi connectivity index (χ0v) is 19.9. The van der Waals surface area contributed by atoms with E-state index in [2.05, 4.69) is 30.7 Å². The maximum Gasteiger partial charge on any atom is 0.276 e. The molecule has 4 nitrogen and oxygen atoms in total. The Hall–Kier alpha value is -1.36. The smallest absolute Gasteiger partial charge is 0.200 e. The lowest BCUT2D eigenvalue weighted by Gasteiger charge is -2.08. The lowest BCUT2D eigenvalue weighted by atomic mass is 10.0. The molecule has 1 rings (SSSR count). The highest BCUT2D eigenvalue weighted by atomic mass is 32.2. The van der Waals surface area contributed by atoms with Crippen molar-refractivity contribution in [3.05, 3.63) is 29.8 Å². The Morgan fingerprint density at radius 1 is 0.897 bits per heavy atom. The van der Waals surface area contributed by atoms with Gasteiger partial charge in [0.15, 0.2) is 0 Å². The Morgan fingerprint density at radius 3 is 1.93 bits per heavy atom. The van der Waals surface area contributed by atoms with Crippen LogP contribution in [0.2, 0.25) is 0 Å². The van der Waals surface area contributed by atoms with E-state index in [1.54, 1.807) is 12.1 Å². The summed E-state index contributed by atoms with van der Waals surface area (Å²) in [5.74, 6) is 0.452. The number of benzene rings is 1. The fourth-order valence-corrected chi connectivity index (χ4v) is 4.35. The molecule has 0 saturated carbocycles. The fraction of sp³-hybridized carbons (Fsp3) is 0.708. The van der Waals surface area contributed by atoms with Gasteiger partial charge in [0.2, 0.25) is 0 Å². The van der Waals surface area contributed by atoms with Crippen molar-refractivity contribution in [3.63, 3.8) is 0 Å². The maximum absolute atomic E-state index is 12.4. The van der Waals surface area contributed by atoms with Gasteiger partial charge in [-0.05, 0) is 49.8 Å². The summed E-state index contributed by atoms with van der Waals surface area (Å²) in [6.07, 6.45) is 15.1. The highest BCUT2D eigenvalue weighted by Gasteiger charge is 2.13. The lowest BCUT2D eigenvalue weighted by molar-refractivity contribution is 0.556. The Labute approximate surface area is 179 Å². The van der Waals surface area contributed by atoms with E-state index in [-0.39, 0.29) is 4.90 Å². The van der Waals surface area contributed by atoms with Crippen LogP contribution in [-0.2, 0) is 16.4 Å². The van der Waals surface area contributed by atoms with E-state index < -0.39 is 10.0 Å². The van der Waals surface area contributed by atoms with E-state index in [9.17, 15) is 8.42 Å². The van der Waals surface area contributed by atoms with Gasteiger partial charge >= 0.3 is 0 Å². The standard InChI is InChI=1S/C24H42N2O2S/c1-5-6-7-8-9-10-11-12-13-14-15-23-16-18-24(19-17-23)29(27,28)26-25-22(4)20-21(2)3/h16-19,21,26H,5-15,20H2,1-4H3. The zero-order chi connectivity index (χ0) is 21.5. The van der Waals surface area contributed by atoms with Crippen molar-refractivity contribution in [1.29, 1.82) is 0 Å². The summed E-state index contributed by atoms with van der Waals surface area (Å²) >= 11 is 0. The number of nitrogens with zero attached hydrogens (tertiary/aromatic N) is 1. The predicted octanol–water partition coefficient (Wildman–Crippen LogP) is 6.85. The predicted molar refractivity (Wildman–Crippen MR) is 125 cm³/mol. The molecular weight excluding hydrogens is 380 g/mol. The van der Waals surface area contributed by atoms with E-state index >= 15 is 0 Å². The molecule has 0 aliphatic carbocycles. The zero-order valence-electron chi connectivity index (χ0n) is 19.0. The summed E-state index contributed by atoms with van der Waals surface area (Å²) < 4.78 is 24.7. The molecule has 5 heteroatoms. The number of hydrazone groups is 1. The molecule has 0 aliphatic heterocycles. The lowest BCUT2D eigenvalue weighted by Crippen LogP contribution is -2.20. The van der Waals surface area contributed by atoms with E-state index in [0.717, 1.165) is 18.6 Å². The number of unbranched alkanes of at least 4 members (excludes halogenated alkanes) is 9. The highest BCUT2D eigenvalue weighted by Crippen LogP contribution is 2.15. The highest BCUT2D eigenvalue weighted by molar-refractivity contribution is 7.89. The van der Waals surface area contributed by atoms with Gasteiger partial charge in [-0.2, -0.15) is 13.5 Å². The molecule has 0 unspecified atom stereocenters. The van der Waals surface area contributed by atoms with Gasteiger partial charge in [0.05, 0.1) is 4.90 Å². The third-order valence-electron chi connectivity index (χ3n) is 5.11. The molecule has 0 heterocycles. The number of hydrogen-bond donors (Lipinski definition) is 1. The van der Waals surface area contributed by atoms with E-state index in [1.165, 1.54) is 69.8 Å². The molecule has 0 aliphatic rings. The normalized spacial score (nSPS) is 12.5. The van der Waals surface area contributed by atoms with Gasteiger partial charge < -0.3 is 0 Å². The van der Waals surface area contributed by atoms with Gasteiger partial charge in [0.25, 0.3) is 10.0 Å². The fourth-order valence-electron chi connectivity index (χ4n) is 3.48. The van der Waals surface area contributed by atoms with Crippen LogP contribution >= 0.6 is 0 Å². The van der Waals surface area contributed by atoms with E-state index in [4.69, 9.17) is 0 Å². The summed E-state index contributed by atoms with van der Waals surface area (Å²) in [4.78, 5) is 2.62. The molecule has 1 N–H and O–H groups in total. The topological polar surface area (TPSA) is 58.5 Å². The Morgan fingerprint density at radius 2 is 1.41 bits per heavy atom. The minimum atomic E-state index is -3.59. The molecule has 0 radical (unpaired) electrons. The van der Waals surface area contributed by atoms with Crippen LogP contribution in [0.1, 0.15) is 104 Å². The minimum Gasteiger partial charge on any atom is -0.200 e. The molecule has 0 saturated heterocycles. The van der Waals surface area contributed by atoms with Crippen LogP contribution in [0.3, 0.4) is 0 Å². The molecule has 1 aromatic carbocycles. The SMILES string of the molecule is CCCCCCCCCCCCc1ccc(S(=O)(=O)NN=C(C)CC(C)C)cc1. The summed E-state index contributed by atoms with van der Waals surface area (Å²) in [5, 5.41) is 4.02. The molecule has 166 valence electrons. The minimum absolute atomic E-state index is 0.269. The first-order valence-electron chi connectivity index (χ1n) is 11.5. The van der Waals surface area contributed by atoms with Gasteiger partial charge in [0, 0.05) is 5.71 Å². The number of hydrogen-bond acceptors (Lipinski definition) is 3. The van der Waals surface area contributed by atoms with Crippen molar-refractivity contribution < 1.29 is 8.42 Å². The second-order valence-electron chi connectivity index (χ2n) is 8.62. The van der Waals surface area contributed by atoms with Crippen molar-refractivity contribution in [3.8, 4) is 0 Å². The van der Waals surface area contributed by atoms with Crippen LogP contribution in [0.5, 0.6) is 0 Å². The molecule has 0 amide bonds. The van der Waals surface area contributed by atoms with Crippen LogP contribution in [0.4, 0.5) is 0 Å². The van der Waals surface area contributed by atoms with Crippen molar-refractivity contribution in [2.45, 2.75) is 110 Å². The molecular formula is C24H42N2O2S. The van der Waals surface area contributed by atoms with Gasteiger partial charge in [-0.1, -0.05) is 90.7 Å². The molecule has 0 bridgehead atoms. The largest absolute Gasteiger partial charge is 0.276 e. The monoisotopic (exact) mass is 422 g/mol. The van der Waals surface area contributed by atoms with Gasteiger partial charge in [-0.15, -0.1) is 0 Å². The van der Waals surface area contributed by atoms with Crippen LogP contribution < -0.4 is 4.83 Å². The Balaban J connectivity index is 2.29. The third-order valence-corrected chi connectivity index (χ3v) is 6.34. The number of rotatable bonds is 16. The second kappa shape index (κ2) is 14.6. The second-order valence-corrected chi connectivity index (χ2v) is 10.3. The van der Waals surface area contributed by atoms with Crippen molar-refractivity contribution in [2.24, 2.45) is 11.0 Å². The Bertz CT molecular complexity index is 679. The van der Waals surface area contributed by atoms with E-state index in [0.29, 0.717) is 5.92 Å². The Kier molecular flexibility index (Phi) is 12.9. The number of sulfonamides is 1. The van der Waals surface area contributed by atoms with Crippen LogP contribution in [0.25, 0.3) is 0 Å². The van der Waals surface area contributed by atoms with E-state index in [1.807, 2.05) is 19.1 Å². The molecule has 0 spiro atoms. The average molecular weight is 423 g/mol.